The summed E-state index contributed by atoms with van der Waals surface area (Å²) in [6.45, 7) is 2.15. The van der Waals surface area contributed by atoms with E-state index in [1.807, 2.05) is 24.3 Å². The Balaban J connectivity index is 1.54. The van der Waals surface area contributed by atoms with E-state index < -0.39 is 0 Å². The molecule has 116 valence electrons. The molecule has 1 aliphatic rings. The van der Waals surface area contributed by atoms with Crippen LogP contribution in [0, 0.1) is 5.92 Å². The van der Waals surface area contributed by atoms with Crippen molar-refractivity contribution in [2.24, 2.45) is 5.92 Å². The third-order valence-electron chi connectivity index (χ3n) is 4.05. The van der Waals surface area contributed by atoms with Crippen LogP contribution in [0.5, 0.6) is 0 Å². The molecule has 1 fully saturated rings. The predicted molar refractivity (Wildman–Crippen MR) is 85.6 cm³/mol. The lowest BCUT2D eigenvalue weighted by atomic mass is 10.2. The molecule has 0 radical (unpaired) electrons. The highest BCUT2D eigenvalue weighted by molar-refractivity contribution is 6.33. The maximum Gasteiger partial charge on any atom is 0.220 e. The first-order chi connectivity index (χ1) is 10.7. The van der Waals surface area contributed by atoms with Gasteiger partial charge in [-0.3, -0.25) is 4.79 Å². The van der Waals surface area contributed by atoms with Crippen LogP contribution in [0.15, 0.2) is 34.9 Å². The highest BCUT2D eigenvalue weighted by atomic mass is 35.5. The molecular formula is C17H19ClN2O2. The number of oxazole rings is 1. The number of hydrogen-bond donors (Lipinski definition) is 1. The van der Waals surface area contributed by atoms with Crippen molar-refractivity contribution < 1.29 is 9.21 Å². The minimum absolute atomic E-state index is 0.0680. The van der Waals surface area contributed by atoms with E-state index in [4.69, 9.17) is 16.0 Å². The summed E-state index contributed by atoms with van der Waals surface area (Å²) in [6.07, 6.45) is 4.79. The van der Waals surface area contributed by atoms with Crippen molar-refractivity contribution >= 4 is 17.5 Å². The number of hydrogen-bond acceptors (Lipinski definition) is 3. The minimum Gasteiger partial charge on any atom is -0.441 e. The number of carbonyl (C=O) groups is 1. The topological polar surface area (TPSA) is 55.1 Å². The molecule has 22 heavy (non-hydrogen) atoms. The number of nitrogens with one attached hydrogen (secondary N) is 1. The van der Waals surface area contributed by atoms with Crippen LogP contribution in [0.3, 0.4) is 0 Å². The molecule has 0 unspecified atom stereocenters. The molecule has 1 N–H and O–H groups in total. The first-order valence-electron chi connectivity index (χ1n) is 7.66. The van der Waals surface area contributed by atoms with Crippen molar-refractivity contribution in [1.82, 2.24) is 10.3 Å². The van der Waals surface area contributed by atoms with Crippen LogP contribution in [0.25, 0.3) is 11.3 Å². The van der Waals surface area contributed by atoms with Crippen LogP contribution in [-0.4, -0.2) is 16.9 Å². The van der Waals surface area contributed by atoms with Crippen LogP contribution in [-0.2, 0) is 11.2 Å². The smallest absolute Gasteiger partial charge is 0.220 e. The Labute approximate surface area is 134 Å². The van der Waals surface area contributed by atoms with Gasteiger partial charge in [0.1, 0.15) is 0 Å². The molecule has 2 aromatic rings. The van der Waals surface area contributed by atoms with Gasteiger partial charge in [0.2, 0.25) is 5.91 Å². The Hall–Kier alpha value is -1.81. The number of rotatable bonds is 6. The first-order valence-corrected chi connectivity index (χ1v) is 8.04. The van der Waals surface area contributed by atoms with Crippen LogP contribution < -0.4 is 5.32 Å². The molecule has 1 aromatic heterocycles. The number of halogens is 1. The summed E-state index contributed by atoms with van der Waals surface area (Å²) in [5.74, 6) is 1.93. The maximum absolute atomic E-state index is 11.9. The van der Waals surface area contributed by atoms with Crippen LogP contribution in [0.2, 0.25) is 5.02 Å². The average Bonchev–Trinajstić information content (AvgIpc) is 3.09. The molecule has 1 saturated carbocycles. The third-order valence-corrected chi connectivity index (χ3v) is 4.38. The van der Waals surface area contributed by atoms with E-state index >= 15 is 0 Å². The van der Waals surface area contributed by atoms with Crippen molar-refractivity contribution in [2.75, 3.05) is 0 Å². The molecule has 3 rings (SSSR count). The molecule has 0 spiro atoms. The second kappa shape index (κ2) is 6.53. The van der Waals surface area contributed by atoms with Crippen molar-refractivity contribution in [3.05, 3.63) is 41.4 Å². The molecule has 1 aliphatic carbocycles. The minimum atomic E-state index is 0.0680. The molecule has 4 nitrogen and oxygen atoms in total. The zero-order valence-electron chi connectivity index (χ0n) is 12.5. The third kappa shape index (κ3) is 3.50. The van der Waals surface area contributed by atoms with Gasteiger partial charge in [0.25, 0.3) is 0 Å². The Bertz CT molecular complexity index is 668. The Morgan fingerprint density at radius 2 is 2.27 bits per heavy atom. The molecule has 1 amide bonds. The molecule has 0 bridgehead atoms. The Kier molecular flexibility index (Phi) is 4.48. The van der Waals surface area contributed by atoms with Gasteiger partial charge in [-0.2, -0.15) is 0 Å². The van der Waals surface area contributed by atoms with Gasteiger partial charge in [0.15, 0.2) is 11.7 Å². The Morgan fingerprint density at radius 1 is 1.45 bits per heavy atom. The lowest BCUT2D eigenvalue weighted by Crippen LogP contribution is -2.26. The van der Waals surface area contributed by atoms with Gasteiger partial charge < -0.3 is 9.73 Å². The second-order valence-electron chi connectivity index (χ2n) is 5.68. The standard InChI is InChI=1S/C17H19ClN2O2/c1-2-11-9-14(11)20-16(21)7-8-17-19-10-15(22-17)12-5-3-4-6-13(12)18/h3-6,10-11,14H,2,7-9H2,1H3,(H,20,21)/t11-,14-/m0/s1. The van der Waals surface area contributed by atoms with Crippen molar-refractivity contribution in [1.29, 1.82) is 0 Å². The van der Waals surface area contributed by atoms with E-state index in [0.717, 1.165) is 18.4 Å². The molecule has 2 atom stereocenters. The van der Waals surface area contributed by atoms with Gasteiger partial charge in [0.05, 0.1) is 11.2 Å². The predicted octanol–water partition coefficient (Wildman–Crippen LogP) is 3.84. The zero-order valence-corrected chi connectivity index (χ0v) is 13.3. The van der Waals surface area contributed by atoms with Crippen LogP contribution >= 0.6 is 11.6 Å². The summed E-state index contributed by atoms with van der Waals surface area (Å²) in [5.41, 5.74) is 0.816. The Morgan fingerprint density at radius 3 is 3.00 bits per heavy atom. The van der Waals surface area contributed by atoms with Crippen molar-refractivity contribution in [2.45, 2.75) is 38.6 Å². The summed E-state index contributed by atoms with van der Waals surface area (Å²) in [5, 5.41) is 3.67. The summed E-state index contributed by atoms with van der Waals surface area (Å²) >= 11 is 6.14. The molecule has 0 aliphatic heterocycles. The number of carbonyl (C=O) groups excluding carboxylic acids is 1. The molecule has 5 heteroatoms. The fraction of sp³-hybridized carbons (Fsp3) is 0.412. The van der Waals surface area contributed by atoms with Crippen molar-refractivity contribution in [3.63, 3.8) is 0 Å². The van der Waals surface area contributed by atoms with Gasteiger partial charge in [0, 0.05) is 24.4 Å². The average molecular weight is 319 g/mol. The van der Waals surface area contributed by atoms with E-state index in [1.54, 1.807) is 6.20 Å². The second-order valence-corrected chi connectivity index (χ2v) is 6.08. The number of amides is 1. The summed E-state index contributed by atoms with van der Waals surface area (Å²) in [6, 6.07) is 7.84. The maximum atomic E-state index is 11.9. The van der Waals surface area contributed by atoms with Crippen LogP contribution in [0.1, 0.15) is 32.1 Å². The molecular weight excluding hydrogens is 300 g/mol. The molecule has 0 saturated heterocycles. The molecule has 1 aromatic carbocycles. The van der Waals surface area contributed by atoms with Gasteiger partial charge in [-0.25, -0.2) is 4.98 Å². The fourth-order valence-electron chi connectivity index (χ4n) is 2.59. The van der Waals surface area contributed by atoms with Gasteiger partial charge >= 0.3 is 0 Å². The first kappa shape index (κ1) is 15.1. The van der Waals surface area contributed by atoms with Gasteiger partial charge in [-0.05, 0) is 24.5 Å². The summed E-state index contributed by atoms with van der Waals surface area (Å²) in [7, 11) is 0. The van der Waals surface area contributed by atoms with Crippen molar-refractivity contribution in [3.8, 4) is 11.3 Å². The normalized spacial score (nSPS) is 19.9. The number of aryl methyl sites for hydroxylation is 1. The number of aromatic nitrogens is 1. The lowest BCUT2D eigenvalue weighted by molar-refractivity contribution is -0.121. The van der Waals surface area contributed by atoms with E-state index in [-0.39, 0.29) is 5.91 Å². The number of benzene rings is 1. The quantitative estimate of drug-likeness (QED) is 0.880. The largest absolute Gasteiger partial charge is 0.441 e. The summed E-state index contributed by atoms with van der Waals surface area (Å²) < 4.78 is 5.69. The van der Waals surface area contributed by atoms with E-state index in [0.29, 0.717) is 41.5 Å². The monoisotopic (exact) mass is 318 g/mol. The van der Waals surface area contributed by atoms with E-state index in [9.17, 15) is 4.79 Å². The van der Waals surface area contributed by atoms with Gasteiger partial charge in [-0.15, -0.1) is 0 Å². The fourth-order valence-corrected chi connectivity index (χ4v) is 2.82. The molecule has 1 heterocycles. The van der Waals surface area contributed by atoms with Gasteiger partial charge in [-0.1, -0.05) is 37.1 Å². The van der Waals surface area contributed by atoms with E-state index in [2.05, 4.69) is 17.2 Å². The van der Waals surface area contributed by atoms with E-state index in [1.165, 1.54) is 0 Å². The summed E-state index contributed by atoms with van der Waals surface area (Å²) in [4.78, 5) is 16.1. The SMILES string of the molecule is CC[C@H]1C[C@@H]1NC(=O)CCc1ncc(-c2ccccc2Cl)o1. The highest BCUT2D eigenvalue weighted by Gasteiger charge is 2.36. The van der Waals surface area contributed by atoms with Crippen LogP contribution in [0.4, 0.5) is 0 Å². The highest BCUT2D eigenvalue weighted by Crippen LogP contribution is 2.33. The lowest BCUT2D eigenvalue weighted by Gasteiger charge is -2.02. The zero-order chi connectivity index (χ0) is 15.5. The number of nitrogens with zero attached hydrogens (tertiary/aromatic N) is 1.